The molecule has 4 heterocycles. The van der Waals surface area contributed by atoms with Gasteiger partial charge in [-0.3, -0.25) is 0 Å². The van der Waals surface area contributed by atoms with Crippen LogP contribution in [0.2, 0.25) is 0 Å². The van der Waals surface area contributed by atoms with E-state index in [0.29, 0.717) is 35.0 Å². The van der Waals surface area contributed by atoms with E-state index in [2.05, 4.69) is 46.9 Å². The summed E-state index contributed by atoms with van der Waals surface area (Å²) in [5.41, 5.74) is 1.53. The summed E-state index contributed by atoms with van der Waals surface area (Å²) in [4.78, 5) is 4.66. The lowest BCUT2D eigenvalue weighted by Crippen LogP contribution is -2.35. The Balaban J connectivity index is 1.40. The number of fused-ring (bicyclic) bond motifs is 8. The Morgan fingerprint density at radius 1 is 0.611 bits per heavy atom. The van der Waals surface area contributed by atoms with Gasteiger partial charge >= 0.3 is 0 Å². The average molecular weight is 528 g/mol. The van der Waals surface area contributed by atoms with Crippen LogP contribution in [0.1, 0.15) is 62.8 Å². The van der Waals surface area contributed by atoms with Gasteiger partial charge in [-0.15, -0.1) is 10.2 Å². The quantitative estimate of drug-likeness (QED) is 0.322. The monoisotopic (exact) mass is 527 g/mol. The standard InChI is InChI=1S/C23H33N11S2/c35-22-24-12-7-5-3-1-2-4-6-8-13-25-23(36)27-15-19-17-34(32-30-19)21-11-9-10-20(28-21)33-16-18(14-26-22)29-31-33/h9-11,16-17H,1-8,12-15H2,(H2,24,26,35)(H2,25,27,36). The second-order valence-corrected chi connectivity index (χ2v) is 9.53. The van der Waals surface area contributed by atoms with Gasteiger partial charge in [0.05, 0.1) is 25.5 Å². The molecule has 0 spiro atoms. The van der Waals surface area contributed by atoms with Crippen LogP contribution in [0.5, 0.6) is 0 Å². The van der Waals surface area contributed by atoms with Gasteiger partial charge in [-0.1, -0.05) is 55.0 Å². The third-order valence-corrected chi connectivity index (χ3v) is 6.38. The zero-order chi connectivity index (χ0) is 25.0. The zero-order valence-corrected chi connectivity index (χ0v) is 22.0. The van der Waals surface area contributed by atoms with Crippen molar-refractivity contribution in [2.45, 2.75) is 64.5 Å². The van der Waals surface area contributed by atoms with Crippen LogP contribution in [0.3, 0.4) is 0 Å². The molecule has 0 radical (unpaired) electrons. The van der Waals surface area contributed by atoms with E-state index in [9.17, 15) is 0 Å². The predicted octanol–water partition coefficient (Wildman–Crippen LogP) is 2.31. The van der Waals surface area contributed by atoms with E-state index in [1.54, 1.807) is 9.36 Å². The van der Waals surface area contributed by atoms with E-state index in [-0.39, 0.29) is 0 Å². The number of rotatable bonds is 0. The van der Waals surface area contributed by atoms with Crippen molar-refractivity contribution in [1.29, 1.82) is 0 Å². The smallest absolute Gasteiger partial charge is 0.166 e. The second kappa shape index (κ2) is 13.8. The maximum Gasteiger partial charge on any atom is 0.166 e. The molecule has 0 saturated carbocycles. The summed E-state index contributed by atoms with van der Waals surface area (Å²) in [6.07, 6.45) is 13.4. The van der Waals surface area contributed by atoms with Crippen molar-refractivity contribution < 1.29 is 0 Å². The van der Waals surface area contributed by atoms with E-state index in [1.165, 1.54) is 38.5 Å². The molecule has 3 aromatic rings. The Kier molecular flexibility index (Phi) is 9.91. The van der Waals surface area contributed by atoms with Crippen LogP contribution < -0.4 is 21.3 Å². The molecule has 11 nitrogen and oxygen atoms in total. The maximum atomic E-state index is 5.40. The lowest BCUT2D eigenvalue weighted by molar-refractivity contribution is 0.562. The molecule has 1 aliphatic heterocycles. The predicted molar refractivity (Wildman–Crippen MR) is 146 cm³/mol. The molecule has 0 atom stereocenters. The summed E-state index contributed by atoms with van der Waals surface area (Å²) in [6.45, 7) is 2.72. The lowest BCUT2D eigenvalue weighted by Gasteiger charge is -2.09. The Morgan fingerprint density at radius 3 is 1.53 bits per heavy atom. The first-order chi connectivity index (χ1) is 17.7. The van der Waals surface area contributed by atoms with Crippen LogP contribution in [0.15, 0.2) is 30.6 Å². The van der Waals surface area contributed by atoms with Crippen LogP contribution in [-0.2, 0) is 13.1 Å². The van der Waals surface area contributed by atoms with E-state index in [0.717, 1.165) is 37.3 Å². The number of aromatic nitrogens is 7. The van der Waals surface area contributed by atoms with Crippen molar-refractivity contribution in [3.8, 4) is 11.6 Å². The fourth-order valence-corrected chi connectivity index (χ4v) is 4.18. The number of nitrogens with zero attached hydrogens (tertiary/aromatic N) is 7. The molecule has 0 fully saturated rings. The average Bonchev–Trinajstić information content (AvgIpc) is 3.56. The van der Waals surface area contributed by atoms with Crippen molar-refractivity contribution >= 4 is 34.7 Å². The molecule has 6 bridgehead atoms. The zero-order valence-electron chi connectivity index (χ0n) is 20.3. The molecule has 36 heavy (non-hydrogen) atoms. The van der Waals surface area contributed by atoms with Gasteiger partial charge in [0.15, 0.2) is 21.9 Å². The summed E-state index contributed by atoms with van der Waals surface area (Å²) >= 11 is 10.8. The third-order valence-electron chi connectivity index (χ3n) is 5.81. The van der Waals surface area contributed by atoms with Crippen LogP contribution in [0.4, 0.5) is 0 Å². The maximum absolute atomic E-state index is 5.40. The van der Waals surface area contributed by atoms with Crippen molar-refractivity contribution in [2.75, 3.05) is 13.1 Å². The van der Waals surface area contributed by atoms with Crippen LogP contribution in [0, 0.1) is 0 Å². The van der Waals surface area contributed by atoms with Crippen LogP contribution in [-0.4, -0.2) is 58.3 Å². The fraction of sp³-hybridized carbons (Fsp3) is 0.522. The summed E-state index contributed by atoms with van der Waals surface area (Å²) in [7, 11) is 0. The molecule has 0 aromatic carbocycles. The number of thiocarbonyl (C=S) groups is 2. The lowest BCUT2D eigenvalue weighted by atomic mass is 10.1. The minimum absolute atomic E-state index is 0.488. The van der Waals surface area contributed by atoms with E-state index in [1.807, 2.05) is 30.6 Å². The summed E-state index contributed by atoms with van der Waals surface area (Å²) in [6, 6.07) is 5.62. The summed E-state index contributed by atoms with van der Waals surface area (Å²) in [5, 5.41) is 31.1. The van der Waals surface area contributed by atoms with Crippen LogP contribution >= 0.6 is 24.4 Å². The second-order valence-electron chi connectivity index (χ2n) is 8.71. The van der Waals surface area contributed by atoms with E-state index < -0.39 is 0 Å². The molecule has 0 amide bonds. The Labute approximate surface area is 221 Å². The molecular weight excluding hydrogens is 494 g/mol. The third kappa shape index (κ3) is 8.19. The normalized spacial score (nSPS) is 17.1. The van der Waals surface area contributed by atoms with Gasteiger partial charge in [0.2, 0.25) is 0 Å². The van der Waals surface area contributed by atoms with Gasteiger partial charge in [-0.25, -0.2) is 14.3 Å². The van der Waals surface area contributed by atoms with Crippen molar-refractivity contribution in [2.24, 2.45) is 0 Å². The largest absolute Gasteiger partial charge is 0.363 e. The first-order valence-electron chi connectivity index (χ1n) is 12.5. The highest BCUT2D eigenvalue weighted by Gasteiger charge is 2.09. The molecule has 0 saturated heterocycles. The van der Waals surface area contributed by atoms with Crippen LogP contribution in [0.25, 0.3) is 11.6 Å². The Bertz CT molecular complexity index is 1040. The first kappa shape index (κ1) is 25.9. The summed E-state index contributed by atoms with van der Waals surface area (Å²) < 4.78 is 3.26. The number of pyridine rings is 1. The SMILES string of the molecule is S=C1NCCCCCCCCCCNC(=S)NCc2cn(nn2)-c2cccc(n2)-n2cc(nn2)CN1. The van der Waals surface area contributed by atoms with Crippen molar-refractivity contribution in [1.82, 2.24) is 56.2 Å². The molecule has 13 heteroatoms. The summed E-state index contributed by atoms with van der Waals surface area (Å²) in [5.74, 6) is 1.26. The molecule has 1 aliphatic rings. The van der Waals surface area contributed by atoms with Crippen molar-refractivity contribution in [3.63, 3.8) is 0 Å². The van der Waals surface area contributed by atoms with Gasteiger partial charge in [0, 0.05) is 13.1 Å². The fourth-order valence-electron chi connectivity index (χ4n) is 3.83. The van der Waals surface area contributed by atoms with Crippen molar-refractivity contribution in [3.05, 3.63) is 42.0 Å². The number of nitrogens with one attached hydrogen (secondary N) is 4. The first-order valence-corrected chi connectivity index (χ1v) is 13.3. The van der Waals surface area contributed by atoms with Gasteiger partial charge < -0.3 is 21.3 Å². The number of hydrogen-bond acceptors (Lipinski definition) is 7. The molecular formula is C23H33N11S2. The molecule has 0 unspecified atom stereocenters. The van der Waals surface area contributed by atoms with Gasteiger partial charge in [0.25, 0.3) is 0 Å². The minimum atomic E-state index is 0.488. The highest BCUT2D eigenvalue weighted by molar-refractivity contribution is 7.80. The molecule has 0 aliphatic carbocycles. The highest BCUT2D eigenvalue weighted by Crippen LogP contribution is 2.10. The molecule has 4 rings (SSSR count). The highest BCUT2D eigenvalue weighted by atomic mass is 32.1. The van der Waals surface area contributed by atoms with Gasteiger partial charge in [0.1, 0.15) is 11.4 Å². The Hall–Kier alpha value is -3.19. The van der Waals surface area contributed by atoms with E-state index >= 15 is 0 Å². The topological polar surface area (TPSA) is 122 Å². The Morgan fingerprint density at radius 2 is 1.06 bits per heavy atom. The molecule has 3 aromatic heterocycles. The molecule has 192 valence electrons. The minimum Gasteiger partial charge on any atom is -0.363 e. The molecule has 4 N–H and O–H groups in total. The number of hydrogen-bond donors (Lipinski definition) is 4. The van der Waals surface area contributed by atoms with E-state index in [4.69, 9.17) is 24.4 Å². The van der Waals surface area contributed by atoms with Gasteiger partial charge in [-0.05, 0) is 49.4 Å². The van der Waals surface area contributed by atoms with Gasteiger partial charge in [-0.2, -0.15) is 0 Å².